The highest BCUT2D eigenvalue weighted by molar-refractivity contribution is 5.56. The summed E-state index contributed by atoms with van der Waals surface area (Å²) in [5, 5.41) is 0. The SMILES string of the molecule is [C]1=CC2=C[C]=CC2=C1. The lowest BCUT2D eigenvalue weighted by atomic mass is 10.2. The Kier molecular flexibility index (Phi) is 0.595. The van der Waals surface area contributed by atoms with Gasteiger partial charge in [-0.2, -0.15) is 0 Å². The Morgan fingerprint density at radius 1 is 0.875 bits per heavy atom. The first-order chi connectivity index (χ1) is 3.97. The van der Waals surface area contributed by atoms with E-state index in [9.17, 15) is 0 Å². The Morgan fingerprint density at radius 3 is 1.88 bits per heavy atom. The first kappa shape index (κ1) is 3.90. The predicted octanol–water partition coefficient (Wildman–Crippen LogP) is 1.59. The molecule has 2 aliphatic carbocycles. The van der Waals surface area contributed by atoms with Gasteiger partial charge in [-0.25, -0.2) is 0 Å². The van der Waals surface area contributed by atoms with E-state index in [2.05, 4.69) is 12.2 Å². The van der Waals surface area contributed by atoms with Crippen molar-refractivity contribution in [1.82, 2.24) is 0 Å². The quantitative estimate of drug-likeness (QED) is 0.433. The van der Waals surface area contributed by atoms with Gasteiger partial charge < -0.3 is 0 Å². The summed E-state index contributed by atoms with van der Waals surface area (Å²) in [7, 11) is 0. The Morgan fingerprint density at radius 2 is 1.38 bits per heavy atom. The smallest absolute Gasteiger partial charge is 0.0171 e. The van der Waals surface area contributed by atoms with Gasteiger partial charge in [-0.05, 0) is 47.6 Å². The van der Waals surface area contributed by atoms with Gasteiger partial charge in [0.2, 0.25) is 0 Å². The van der Waals surface area contributed by atoms with E-state index < -0.39 is 0 Å². The van der Waals surface area contributed by atoms with Crippen LogP contribution >= 0.6 is 0 Å². The van der Waals surface area contributed by atoms with Gasteiger partial charge >= 0.3 is 0 Å². The number of hydrogen-bond acceptors (Lipinski definition) is 0. The summed E-state index contributed by atoms with van der Waals surface area (Å²) in [5.41, 5.74) is 2.48. The van der Waals surface area contributed by atoms with Crippen molar-refractivity contribution in [3.05, 3.63) is 47.6 Å². The molecule has 0 saturated heterocycles. The molecule has 0 aromatic rings. The Hall–Kier alpha value is -1.04. The average molecular weight is 100 g/mol. The standard InChI is InChI=1S/C8H4/c1-3-7-5-2-6-8(7)4-1/h3-6H. The van der Waals surface area contributed by atoms with Gasteiger partial charge in [0.1, 0.15) is 0 Å². The van der Waals surface area contributed by atoms with Crippen molar-refractivity contribution in [2.45, 2.75) is 0 Å². The monoisotopic (exact) mass is 100 g/mol. The summed E-state index contributed by atoms with van der Waals surface area (Å²) in [6.45, 7) is 0. The van der Waals surface area contributed by atoms with Crippen molar-refractivity contribution >= 4 is 0 Å². The van der Waals surface area contributed by atoms with Gasteiger partial charge in [0.05, 0.1) is 0 Å². The van der Waals surface area contributed by atoms with Crippen LogP contribution in [0.2, 0.25) is 0 Å². The zero-order valence-corrected chi connectivity index (χ0v) is 4.31. The molecule has 0 amide bonds. The fourth-order valence-corrected chi connectivity index (χ4v) is 0.859. The van der Waals surface area contributed by atoms with E-state index in [-0.39, 0.29) is 0 Å². The van der Waals surface area contributed by atoms with Crippen LogP contribution in [0.15, 0.2) is 35.5 Å². The molecule has 0 heteroatoms. The zero-order chi connectivity index (χ0) is 5.40. The largest absolute Gasteiger partial charge is 0.0465 e. The lowest BCUT2D eigenvalue weighted by Gasteiger charge is -1.85. The van der Waals surface area contributed by atoms with E-state index in [0.717, 1.165) is 0 Å². The first-order valence-electron chi connectivity index (χ1n) is 2.56. The van der Waals surface area contributed by atoms with Crippen LogP contribution in [0.4, 0.5) is 0 Å². The Labute approximate surface area is 48.5 Å². The topological polar surface area (TPSA) is 0 Å². The zero-order valence-electron chi connectivity index (χ0n) is 4.31. The molecule has 0 heterocycles. The van der Waals surface area contributed by atoms with Crippen LogP contribution in [-0.4, -0.2) is 0 Å². The second-order valence-electron chi connectivity index (χ2n) is 1.82. The Balaban J connectivity index is 2.59. The highest BCUT2D eigenvalue weighted by Crippen LogP contribution is 2.22. The van der Waals surface area contributed by atoms with Crippen molar-refractivity contribution in [2.75, 3.05) is 0 Å². The molecule has 0 unspecified atom stereocenters. The molecule has 0 atom stereocenters. The normalized spacial score (nSPS) is 21.0. The van der Waals surface area contributed by atoms with Crippen molar-refractivity contribution in [3.63, 3.8) is 0 Å². The van der Waals surface area contributed by atoms with E-state index in [1.54, 1.807) is 0 Å². The summed E-state index contributed by atoms with van der Waals surface area (Å²) in [4.78, 5) is 0. The fourth-order valence-electron chi connectivity index (χ4n) is 0.859. The van der Waals surface area contributed by atoms with Crippen LogP contribution in [-0.2, 0) is 0 Å². The molecule has 36 valence electrons. The Bertz CT molecular complexity index is 198. The lowest BCUT2D eigenvalue weighted by Crippen LogP contribution is -1.67. The van der Waals surface area contributed by atoms with Crippen molar-refractivity contribution < 1.29 is 0 Å². The maximum Gasteiger partial charge on any atom is -0.0171 e. The molecule has 0 bridgehead atoms. The van der Waals surface area contributed by atoms with E-state index in [1.807, 2.05) is 24.3 Å². The molecule has 0 saturated carbocycles. The highest BCUT2D eigenvalue weighted by Gasteiger charge is 2.05. The van der Waals surface area contributed by atoms with Crippen LogP contribution < -0.4 is 0 Å². The predicted molar refractivity (Wildman–Crippen MR) is 31.8 cm³/mol. The van der Waals surface area contributed by atoms with Gasteiger partial charge in [0.25, 0.3) is 0 Å². The number of fused-ring (bicyclic) bond motifs is 1. The molecule has 8 heavy (non-hydrogen) atoms. The van der Waals surface area contributed by atoms with Gasteiger partial charge in [0.15, 0.2) is 0 Å². The van der Waals surface area contributed by atoms with Crippen molar-refractivity contribution in [1.29, 1.82) is 0 Å². The van der Waals surface area contributed by atoms with Gasteiger partial charge in [-0.3, -0.25) is 0 Å². The second kappa shape index (κ2) is 1.22. The molecule has 0 nitrogen and oxygen atoms in total. The fraction of sp³-hybridized carbons (Fsp3) is 0. The minimum absolute atomic E-state index is 1.24. The number of rotatable bonds is 0. The third kappa shape index (κ3) is 0.348. The number of allylic oxidation sites excluding steroid dienone is 8. The van der Waals surface area contributed by atoms with Crippen LogP contribution in [0.1, 0.15) is 0 Å². The van der Waals surface area contributed by atoms with Crippen LogP contribution in [0.25, 0.3) is 0 Å². The molecule has 0 aromatic carbocycles. The third-order valence-electron chi connectivity index (χ3n) is 1.29. The maximum absolute atomic E-state index is 3.00. The third-order valence-corrected chi connectivity index (χ3v) is 1.29. The second-order valence-corrected chi connectivity index (χ2v) is 1.82. The minimum Gasteiger partial charge on any atom is -0.0465 e. The van der Waals surface area contributed by atoms with Crippen LogP contribution in [0.5, 0.6) is 0 Å². The van der Waals surface area contributed by atoms with E-state index in [0.29, 0.717) is 0 Å². The maximum atomic E-state index is 3.00. The van der Waals surface area contributed by atoms with Gasteiger partial charge in [-0.15, -0.1) is 0 Å². The van der Waals surface area contributed by atoms with E-state index in [1.165, 1.54) is 11.1 Å². The summed E-state index contributed by atoms with van der Waals surface area (Å²) in [6.07, 6.45) is 13.9. The summed E-state index contributed by atoms with van der Waals surface area (Å²) >= 11 is 0. The molecule has 0 N–H and O–H groups in total. The van der Waals surface area contributed by atoms with Crippen LogP contribution in [0, 0.1) is 12.2 Å². The van der Waals surface area contributed by atoms with Crippen molar-refractivity contribution in [2.24, 2.45) is 0 Å². The number of hydrogen-bond donors (Lipinski definition) is 0. The van der Waals surface area contributed by atoms with Gasteiger partial charge in [-0.1, -0.05) is 0 Å². The molecular weight excluding hydrogens is 96.1 g/mol. The molecule has 0 fully saturated rings. The first-order valence-corrected chi connectivity index (χ1v) is 2.56. The molecule has 0 aliphatic heterocycles. The molecule has 2 rings (SSSR count). The molecule has 2 aliphatic rings. The molecule has 0 aromatic heterocycles. The minimum atomic E-state index is 1.24. The highest BCUT2D eigenvalue weighted by atomic mass is 14.1. The summed E-state index contributed by atoms with van der Waals surface area (Å²) in [6, 6.07) is 0. The average Bonchev–Trinajstić information content (AvgIpc) is 2.15. The van der Waals surface area contributed by atoms with E-state index in [4.69, 9.17) is 0 Å². The van der Waals surface area contributed by atoms with Gasteiger partial charge in [0, 0.05) is 0 Å². The molecular formula is C8H4. The van der Waals surface area contributed by atoms with Crippen LogP contribution in [0.3, 0.4) is 0 Å². The molecule has 2 radical (unpaired) electrons. The van der Waals surface area contributed by atoms with E-state index >= 15 is 0 Å². The van der Waals surface area contributed by atoms with Crippen molar-refractivity contribution in [3.8, 4) is 0 Å². The summed E-state index contributed by atoms with van der Waals surface area (Å²) < 4.78 is 0. The lowest BCUT2D eigenvalue weighted by molar-refractivity contribution is 1.69. The molecule has 0 spiro atoms. The summed E-state index contributed by atoms with van der Waals surface area (Å²) in [5.74, 6) is 0.